The van der Waals surface area contributed by atoms with E-state index in [0.717, 1.165) is 128 Å². The number of hydrogen-bond acceptors (Lipinski definition) is 6. The van der Waals surface area contributed by atoms with Crippen LogP contribution in [-0.2, 0) is 28.6 Å². The van der Waals surface area contributed by atoms with Gasteiger partial charge in [-0.1, -0.05) is 269 Å². The molecule has 0 N–H and O–H groups in total. The molecule has 0 spiro atoms. The normalized spacial score (nSPS) is 13.1. The van der Waals surface area contributed by atoms with Gasteiger partial charge in [0.05, 0.1) is 0 Å². The van der Waals surface area contributed by atoms with Gasteiger partial charge in [-0.15, -0.1) is 0 Å². The molecule has 0 aliphatic heterocycles. The Morgan fingerprint density at radius 1 is 0.263 bits per heavy atom. The third-order valence-electron chi connectivity index (χ3n) is 13.6. The first-order valence-electron chi connectivity index (χ1n) is 32.8. The van der Waals surface area contributed by atoms with Crippen molar-refractivity contribution in [3.8, 4) is 0 Å². The quantitative estimate of drug-likeness (QED) is 0.0261. The minimum Gasteiger partial charge on any atom is -0.462 e. The standard InChI is InChI=1S/C74H120O6/c1-4-7-10-13-16-19-22-25-28-31-34-36-37-39-40-43-46-49-52-55-58-61-64-67-73(76)79-70-71(69-78-72(75)66-63-60-57-54-51-48-45-42-33-30-27-24-21-18-15-12-9-6-3)80-74(77)68-65-62-59-56-53-50-47-44-41-38-35-32-29-26-23-20-17-14-11-8-5-2/h7-8,10-11,16-17,19-21,24-26,28-30,33-36,38,44,47,53,56,71H,4-6,9,12-15,18,22-23,27,31-32,37,39-43,45-46,48-52,54-55,57-70H2,1-3H3/b10-7-,11-8-,19-16-,20-17-,24-21-,28-25-,29-26-,33-30-,36-34-,38-35-,47-44-,56-53-. The van der Waals surface area contributed by atoms with Crippen LogP contribution in [0, 0.1) is 0 Å². The van der Waals surface area contributed by atoms with E-state index in [2.05, 4.69) is 167 Å². The molecule has 0 amide bonds. The van der Waals surface area contributed by atoms with Crippen molar-refractivity contribution in [2.45, 2.75) is 290 Å². The van der Waals surface area contributed by atoms with Gasteiger partial charge < -0.3 is 14.2 Å². The molecular formula is C74H120O6. The number of esters is 3. The van der Waals surface area contributed by atoms with Crippen molar-refractivity contribution < 1.29 is 28.6 Å². The van der Waals surface area contributed by atoms with E-state index in [0.29, 0.717) is 19.3 Å². The van der Waals surface area contributed by atoms with Crippen LogP contribution in [0.15, 0.2) is 146 Å². The average molecular weight is 1110 g/mol. The predicted molar refractivity (Wildman–Crippen MR) is 348 cm³/mol. The van der Waals surface area contributed by atoms with Crippen molar-refractivity contribution in [1.29, 1.82) is 0 Å². The summed E-state index contributed by atoms with van der Waals surface area (Å²) in [4.78, 5) is 38.4. The van der Waals surface area contributed by atoms with Gasteiger partial charge in [0.1, 0.15) is 13.2 Å². The van der Waals surface area contributed by atoms with Crippen molar-refractivity contribution in [2.75, 3.05) is 13.2 Å². The van der Waals surface area contributed by atoms with Crippen LogP contribution in [0.3, 0.4) is 0 Å². The highest BCUT2D eigenvalue weighted by atomic mass is 16.6. The van der Waals surface area contributed by atoms with E-state index in [4.69, 9.17) is 14.2 Å². The molecule has 0 aromatic rings. The molecule has 0 aliphatic carbocycles. The number of carbonyl (C=O) groups excluding carboxylic acids is 3. The fourth-order valence-corrected chi connectivity index (χ4v) is 8.70. The Hall–Kier alpha value is -4.71. The van der Waals surface area contributed by atoms with Crippen LogP contribution in [0.1, 0.15) is 284 Å². The molecule has 0 saturated heterocycles. The highest BCUT2D eigenvalue weighted by Crippen LogP contribution is 2.15. The maximum absolute atomic E-state index is 12.9. The van der Waals surface area contributed by atoms with Crippen LogP contribution in [0.2, 0.25) is 0 Å². The van der Waals surface area contributed by atoms with E-state index in [-0.39, 0.29) is 37.5 Å². The molecule has 0 bridgehead atoms. The van der Waals surface area contributed by atoms with Crippen molar-refractivity contribution in [2.24, 2.45) is 0 Å². The highest BCUT2D eigenvalue weighted by Gasteiger charge is 2.19. The molecule has 452 valence electrons. The first-order valence-corrected chi connectivity index (χ1v) is 32.8. The molecule has 80 heavy (non-hydrogen) atoms. The van der Waals surface area contributed by atoms with Gasteiger partial charge in [-0.05, 0) is 141 Å². The Kier molecular flexibility index (Phi) is 62.9. The van der Waals surface area contributed by atoms with Crippen LogP contribution in [-0.4, -0.2) is 37.2 Å². The van der Waals surface area contributed by atoms with Crippen LogP contribution in [0.25, 0.3) is 0 Å². The van der Waals surface area contributed by atoms with Gasteiger partial charge >= 0.3 is 17.9 Å². The van der Waals surface area contributed by atoms with Crippen molar-refractivity contribution in [3.05, 3.63) is 146 Å². The molecule has 1 unspecified atom stereocenters. The zero-order valence-electron chi connectivity index (χ0n) is 51.8. The van der Waals surface area contributed by atoms with E-state index in [1.165, 1.54) is 109 Å². The monoisotopic (exact) mass is 1100 g/mol. The summed E-state index contributed by atoms with van der Waals surface area (Å²) >= 11 is 0. The van der Waals surface area contributed by atoms with E-state index in [9.17, 15) is 14.4 Å². The SMILES string of the molecule is CC/C=C\C/C=C\C/C=C\C/C=C\C/C=C\C/C=C\CCCCC(=O)OC(COC(=O)CCCCCCCCC/C=C\C/C=C\CCCCCC)COC(=O)CCCCCCCCCCCC/C=C\C/C=C\C/C=C\C/C=C\CC. The number of hydrogen-bond donors (Lipinski definition) is 0. The minimum atomic E-state index is -0.815. The Labute approximate surface area is 493 Å². The van der Waals surface area contributed by atoms with E-state index < -0.39 is 6.10 Å². The summed E-state index contributed by atoms with van der Waals surface area (Å²) in [5.41, 5.74) is 0. The molecule has 0 aromatic carbocycles. The van der Waals surface area contributed by atoms with E-state index in [1.54, 1.807) is 0 Å². The number of unbranched alkanes of at least 4 members (excludes halogenated alkanes) is 23. The largest absolute Gasteiger partial charge is 0.462 e. The number of ether oxygens (including phenoxy) is 3. The molecule has 0 aliphatic rings. The minimum absolute atomic E-state index is 0.105. The summed E-state index contributed by atoms with van der Waals surface area (Å²) in [6, 6.07) is 0. The van der Waals surface area contributed by atoms with Gasteiger partial charge in [0.25, 0.3) is 0 Å². The first-order chi connectivity index (χ1) is 39.5. The number of allylic oxidation sites excluding steroid dienone is 24. The van der Waals surface area contributed by atoms with E-state index >= 15 is 0 Å². The third-order valence-corrected chi connectivity index (χ3v) is 13.6. The lowest BCUT2D eigenvalue weighted by Gasteiger charge is -2.18. The Morgan fingerprint density at radius 3 is 0.787 bits per heavy atom. The molecule has 6 nitrogen and oxygen atoms in total. The van der Waals surface area contributed by atoms with Crippen molar-refractivity contribution >= 4 is 17.9 Å². The maximum atomic E-state index is 12.9. The molecule has 0 saturated carbocycles. The maximum Gasteiger partial charge on any atom is 0.306 e. The number of carbonyl (C=O) groups is 3. The van der Waals surface area contributed by atoms with Crippen LogP contribution >= 0.6 is 0 Å². The summed E-state index contributed by atoms with van der Waals surface area (Å²) in [6.07, 6.45) is 95.6. The topological polar surface area (TPSA) is 78.9 Å². The second-order valence-corrected chi connectivity index (χ2v) is 21.3. The Balaban J connectivity index is 4.50. The molecule has 6 heteroatoms. The van der Waals surface area contributed by atoms with Gasteiger partial charge in [0.15, 0.2) is 6.10 Å². The fourth-order valence-electron chi connectivity index (χ4n) is 8.70. The highest BCUT2D eigenvalue weighted by molar-refractivity contribution is 5.71. The van der Waals surface area contributed by atoms with E-state index in [1.807, 2.05) is 0 Å². The van der Waals surface area contributed by atoms with Gasteiger partial charge in [0.2, 0.25) is 0 Å². The zero-order chi connectivity index (χ0) is 57.8. The van der Waals surface area contributed by atoms with Gasteiger partial charge in [-0.2, -0.15) is 0 Å². The van der Waals surface area contributed by atoms with Crippen molar-refractivity contribution in [3.63, 3.8) is 0 Å². The first kappa shape index (κ1) is 75.3. The lowest BCUT2D eigenvalue weighted by Crippen LogP contribution is -2.30. The molecule has 0 heterocycles. The fraction of sp³-hybridized carbons (Fsp3) is 0.635. The predicted octanol–water partition coefficient (Wildman–Crippen LogP) is 22.7. The molecular weight excluding hydrogens is 985 g/mol. The van der Waals surface area contributed by atoms with Gasteiger partial charge in [0, 0.05) is 19.3 Å². The summed E-state index contributed by atoms with van der Waals surface area (Å²) in [7, 11) is 0. The van der Waals surface area contributed by atoms with Crippen LogP contribution < -0.4 is 0 Å². The lowest BCUT2D eigenvalue weighted by atomic mass is 10.1. The molecule has 0 radical (unpaired) electrons. The molecule has 0 aromatic heterocycles. The molecule has 1 atom stereocenters. The average Bonchev–Trinajstić information content (AvgIpc) is 3.46. The van der Waals surface area contributed by atoms with Crippen LogP contribution in [0.5, 0.6) is 0 Å². The summed E-state index contributed by atoms with van der Waals surface area (Å²) in [5, 5.41) is 0. The molecule has 0 fully saturated rings. The smallest absolute Gasteiger partial charge is 0.306 e. The van der Waals surface area contributed by atoms with Gasteiger partial charge in [-0.3, -0.25) is 14.4 Å². The summed E-state index contributed by atoms with van der Waals surface area (Å²) < 4.78 is 16.9. The van der Waals surface area contributed by atoms with Crippen LogP contribution in [0.4, 0.5) is 0 Å². The summed E-state index contributed by atoms with van der Waals surface area (Å²) in [5.74, 6) is -0.959. The van der Waals surface area contributed by atoms with Crippen molar-refractivity contribution in [1.82, 2.24) is 0 Å². The lowest BCUT2D eigenvalue weighted by molar-refractivity contribution is -0.167. The second-order valence-electron chi connectivity index (χ2n) is 21.3. The number of rotatable bonds is 58. The second kappa shape index (κ2) is 66.8. The molecule has 0 rings (SSSR count). The Bertz CT molecular complexity index is 1750. The van der Waals surface area contributed by atoms with Gasteiger partial charge in [-0.25, -0.2) is 0 Å². The summed E-state index contributed by atoms with van der Waals surface area (Å²) in [6.45, 7) is 6.36. The third kappa shape index (κ3) is 64.1. The Morgan fingerprint density at radius 2 is 0.487 bits per heavy atom. The zero-order valence-corrected chi connectivity index (χ0v) is 51.8.